The van der Waals surface area contributed by atoms with E-state index in [1.54, 1.807) is 6.92 Å². The number of alkyl halides is 9. The van der Waals surface area contributed by atoms with Gasteiger partial charge in [-0.05, 0) is 36.2 Å². The SMILES string of the molecule is Cc1ccc(-c2cc(C(=O)NCc3cnc(C(F)(F)F)nc3)cc(C(O)(C(F)(F)F)C(F)(F)F)c2)cc1. The van der Waals surface area contributed by atoms with Crippen LogP contribution >= 0.6 is 0 Å². The summed E-state index contributed by atoms with van der Waals surface area (Å²) in [6.45, 7) is 1.19. The average molecular weight is 537 g/mol. The van der Waals surface area contributed by atoms with Crippen LogP contribution in [-0.4, -0.2) is 33.3 Å². The molecule has 37 heavy (non-hydrogen) atoms. The van der Waals surface area contributed by atoms with Crippen molar-refractivity contribution in [1.29, 1.82) is 0 Å². The van der Waals surface area contributed by atoms with Crippen LogP contribution in [0.3, 0.4) is 0 Å². The Labute approximate surface area is 203 Å². The predicted octanol–water partition coefficient (Wildman–Crippen LogP) is 5.71. The number of benzene rings is 2. The first-order valence-electron chi connectivity index (χ1n) is 10.2. The number of nitrogens with one attached hydrogen (secondary N) is 1. The molecule has 0 aliphatic carbocycles. The van der Waals surface area contributed by atoms with Crippen LogP contribution in [0.5, 0.6) is 0 Å². The van der Waals surface area contributed by atoms with E-state index in [0.717, 1.165) is 24.0 Å². The Bertz CT molecular complexity index is 1250. The van der Waals surface area contributed by atoms with Gasteiger partial charge in [-0.2, -0.15) is 39.5 Å². The fraction of sp³-hybridized carbons (Fsp3) is 0.261. The molecule has 0 bridgehead atoms. The number of aliphatic hydroxyl groups is 1. The number of nitrogens with zero attached hydrogens (tertiary/aromatic N) is 2. The number of hydrogen-bond donors (Lipinski definition) is 2. The zero-order chi connectivity index (χ0) is 27.8. The summed E-state index contributed by atoms with van der Waals surface area (Å²) in [6, 6.07) is 7.60. The molecule has 5 nitrogen and oxygen atoms in total. The van der Waals surface area contributed by atoms with Gasteiger partial charge in [-0.3, -0.25) is 4.79 Å². The van der Waals surface area contributed by atoms with E-state index in [0.29, 0.717) is 6.07 Å². The molecule has 0 unspecified atom stereocenters. The summed E-state index contributed by atoms with van der Waals surface area (Å²) in [5.74, 6) is -2.61. The van der Waals surface area contributed by atoms with E-state index < -0.39 is 53.5 Å². The molecule has 3 rings (SSSR count). The number of aryl methyl sites for hydroxylation is 1. The number of carbonyl (C=O) groups is 1. The van der Waals surface area contributed by atoms with Gasteiger partial charge in [-0.1, -0.05) is 29.8 Å². The molecule has 0 saturated carbocycles. The van der Waals surface area contributed by atoms with Crippen LogP contribution in [0.25, 0.3) is 11.1 Å². The minimum atomic E-state index is -6.19. The number of amides is 1. The lowest BCUT2D eigenvalue weighted by molar-refractivity contribution is -0.376. The molecule has 0 saturated heterocycles. The van der Waals surface area contributed by atoms with Gasteiger partial charge in [0, 0.05) is 35.6 Å². The molecule has 2 aromatic carbocycles. The highest BCUT2D eigenvalue weighted by Crippen LogP contribution is 2.50. The van der Waals surface area contributed by atoms with Gasteiger partial charge in [0.1, 0.15) is 0 Å². The molecule has 2 N–H and O–H groups in total. The van der Waals surface area contributed by atoms with Gasteiger partial charge in [0.15, 0.2) is 0 Å². The van der Waals surface area contributed by atoms with Crippen LogP contribution in [0.4, 0.5) is 39.5 Å². The van der Waals surface area contributed by atoms with E-state index in [-0.39, 0.29) is 22.8 Å². The van der Waals surface area contributed by atoms with Crippen molar-refractivity contribution < 1.29 is 49.4 Å². The van der Waals surface area contributed by atoms with Crippen molar-refractivity contribution in [2.45, 2.75) is 37.6 Å². The predicted molar refractivity (Wildman–Crippen MR) is 111 cm³/mol. The third kappa shape index (κ3) is 5.84. The number of carbonyl (C=O) groups excluding carboxylic acids is 1. The smallest absolute Gasteiger partial charge is 0.369 e. The fourth-order valence-electron chi connectivity index (χ4n) is 3.25. The molecular formula is C23H16F9N3O2. The summed E-state index contributed by atoms with van der Waals surface area (Å²) in [5, 5.41) is 12.1. The van der Waals surface area contributed by atoms with Gasteiger partial charge in [-0.25, -0.2) is 9.97 Å². The van der Waals surface area contributed by atoms with Gasteiger partial charge in [0.25, 0.3) is 11.5 Å². The van der Waals surface area contributed by atoms with Crippen LogP contribution < -0.4 is 5.32 Å². The van der Waals surface area contributed by atoms with Crippen LogP contribution in [-0.2, 0) is 18.3 Å². The minimum absolute atomic E-state index is 0.0293. The van der Waals surface area contributed by atoms with Crippen LogP contribution in [0.2, 0.25) is 0 Å². The second-order valence-electron chi connectivity index (χ2n) is 7.97. The molecule has 0 spiro atoms. The van der Waals surface area contributed by atoms with Crippen molar-refractivity contribution in [2.24, 2.45) is 0 Å². The molecule has 0 atom stereocenters. The molecule has 0 aliphatic rings. The van der Waals surface area contributed by atoms with Gasteiger partial charge < -0.3 is 10.4 Å². The summed E-state index contributed by atoms with van der Waals surface area (Å²) in [4.78, 5) is 18.9. The molecule has 198 valence electrons. The first-order chi connectivity index (χ1) is 16.9. The summed E-state index contributed by atoms with van der Waals surface area (Å²) >= 11 is 0. The molecule has 14 heteroatoms. The summed E-state index contributed by atoms with van der Waals surface area (Å²) < 4.78 is 119. The Morgan fingerprint density at radius 1 is 0.838 bits per heavy atom. The largest absolute Gasteiger partial charge is 0.451 e. The van der Waals surface area contributed by atoms with Crippen LogP contribution in [0.15, 0.2) is 54.9 Å². The molecule has 1 amide bonds. The van der Waals surface area contributed by atoms with E-state index in [4.69, 9.17) is 0 Å². The Hall–Kier alpha value is -3.68. The topological polar surface area (TPSA) is 75.1 Å². The normalized spacial score (nSPS) is 12.9. The monoisotopic (exact) mass is 537 g/mol. The second kappa shape index (κ2) is 9.65. The number of aromatic nitrogens is 2. The van der Waals surface area contributed by atoms with Gasteiger partial charge >= 0.3 is 18.5 Å². The summed E-state index contributed by atoms with van der Waals surface area (Å²) in [7, 11) is 0. The lowest BCUT2D eigenvalue weighted by Gasteiger charge is -2.33. The number of rotatable bonds is 5. The van der Waals surface area contributed by atoms with Crippen molar-refractivity contribution >= 4 is 5.91 Å². The quantitative estimate of drug-likeness (QED) is 0.409. The molecule has 3 aromatic rings. The minimum Gasteiger partial charge on any atom is -0.369 e. The van der Waals surface area contributed by atoms with E-state index in [1.165, 1.54) is 24.3 Å². The molecular weight excluding hydrogens is 521 g/mol. The Kier molecular flexibility index (Phi) is 7.28. The first-order valence-corrected chi connectivity index (χ1v) is 10.2. The summed E-state index contributed by atoms with van der Waals surface area (Å²) in [6.07, 6.45) is -15.7. The average Bonchev–Trinajstić information content (AvgIpc) is 2.80. The molecule has 0 aliphatic heterocycles. The molecule has 1 aromatic heterocycles. The molecule has 1 heterocycles. The lowest BCUT2D eigenvalue weighted by Crippen LogP contribution is -2.54. The number of halogens is 9. The van der Waals surface area contributed by atoms with Crippen molar-refractivity contribution in [3.8, 4) is 11.1 Å². The van der Waals surface area contributed by atoms with Crippen LogP contribution in [0.1, 0.15) is 32.9 Å². The van der Waals surface area contributed by atoms with Crippen LogP contribution in [0, 0.1) is 6.92 Å². The Morgan fingerprint density at radius 2 is 1.38 bits per heavy atom. The first kappa shape index (κ1) is 27.9. The Morgan fingerprint density at radius 3 is 1.86 bits per heavy atom. The summed E-state index contributed by atoms with van der Waals surface area (Å²) in [5.41, 5.74) is -6.98. The van der Waals surface area contributed by atoms with Gasteiger partial charge in [-0.15, -0.1) is 0 Å². The Balaban J connectivity index is 2.03. The molecule has 0 radical (unpaired) electrons. The third-order valence-corrected chi connectivity index (χ3v) is 5.23. The second-order valence-corrected chi connectivity index (χ2v) is 7.97. The van der Waals surface area contributed by atoms with E-state index in [9.17, 15) is 49.4 Å². The standard InChI is InChI=1S/C23H16F9N3O2/c1-12-2-4-14(5-3-12)15-6-16(8-17(7-15)20(37,22(27,28)29)23(30,31)32)18(36)33-9-13-10-34-19(35-11-13)21(24,25)26/h2-8,10-11,37H,9H2,1H3,(H,33,36). The molecule has 0 fully saturated rings. The van der Waals surface area contributed by atoms with E-state index in [1.807, 2.05) is 0 Å². The zero-order valence-corrected chi connectivity index (χ0v) is 18.6. The lowest BCUT2D eigenvalue weighted by atomic mass is 9.87. The highest BCUT2D eigenvalue weighted by Gasteiger charge is 2.71. The maximum atomic E-state index is 13.5. The fourth-order valence-corrected chi connectivity index (χ4v) is 3.25. The van der Waals surface area contributed by atoms with Crippen molar-refractivity contribution in [3.05, 3.63) is 82.9 Å². The van der Waals surface area contributed by atoms with E-state index in [2.05, 4.69) is 15.3 Å². The maximum absolute atomic E-state index is 13.5. The van der Waals surface area contributed by atoms with Gasteiger partial charge in [0.05, 0.1) is 0 Å². The number of hydrogen-bond acceptors (Lipinski definition) is 4. The van der Waals surface area contributed by atoms with Crippen molar-refractivity contribution in [2.75, 3.05) is 0 Å². The maximum Gasteiger partial charge on any atom is 0.451 e. The van der Waals surface area contributed by atoms with E-state index >= 15 is 0 Å². The zero-order valence-electron chi connectivity index (χ0n) is 18.6. The highest BCUT2D eigenvalue weighted by atomic mass is 19.4. The highest BCUT2D eigenvalue weighted by molar-refractivity contribution is 5.95. The third-order valence-electron chi connectivity index (χ3n) is 5.23. The van der Waals surface area contributed by atoms with Gasteiger partial charge in [0.2, 0.25) is 5.82 Å². The van der Waals surface area contributed by atoms with Crippen molar-refractivity contribution in [3.63, 3.8) is 0 Å². The van der Waals surface area contributed by atoms with Crippen molar-refractivity contribution in [1.82, 2.24) is 15.3 Å².